The van der Waals surface area contributed by atoms with E-state index in [0.717, 1.165) is 64.5 Å². The zero-order valence-corrected chi connectivity index (χ0v) is 18.2. The molecule has 0 fully saturated rings. The molecule has 28 heavy (non-hydrogen) atoms. The maximum atomic E-state index is 13.4. The fraction of sp³-hybridized carbons (Fsp3) is 0.455. The predicted molar refractivity (Wildman–Crippen MR) is 118 cm³/mol. The summed E-state index contributed by atoms with van der Waals surface area (Å²) in [5.41, 5.74) is 3.11. The fourth-order valence-corrected chi connectivity index (χ4v) is 4.56. The highest BCUT2D eigenvalue weighted by Gasteiger charge is 2.17. The van der Waals surface area contributed by atoms with Crippen molar-refractivity contribution in [2.24, 2.45) is 0 Å². The SMILES string of the molecule is CCc1nc2scc(-c3ccc(OC)c(C)c3)c2c(=O)n1CCN(CC)CC. The minimum absolute atomic E-state index is 0.0683. The molecule has 2 heterocycles. The van der Waals surface area contributed by atoms with Gasteiger partial charge in [-0.05, 0) is 43.3 Å². The van der Waals surface area contributed by atoms with Crippen molar-refractivity contribution in [2.75, 3.05) is 26.7 Å². The molecule has 1 aromatic carbocycles. The van der Waals surface area contributed by atoms with Gasteiger partial charge in [-0.1, -0.05) is 26.8 Å². The summed E-state index contributed by atoms with van der Waals surface area (Å²) in [6.45, 7) is 11.9. The first-order valence-corrected chi connectivity index (χ1v) is 10.8. The van der Waals surface area contributed by atoms with Crippen molar-refractivity contribution in [3.63, 3.8) is 0 Å². The van der Waals surface area contributed by atoms with Crippen LogP contribution in [-0.2, 0) is 13.0 Å². The van der Waals surface area contributed by atoms with Crippen LogP contribution >= 0.6 is 11.3 Å². The number of methoxy groups -OCH3 is 1. The van der Waals surface area contributed by atoms with Gasteiger partial charge in [0.05, 0.1) is 12.5 Å². The molecule has 0 amide bonds. The van der Waals surface area contributed by atoms with Crippen LogP contribution in [0.15, 0.2) is 28.4 Å². The number of hydrogen-bond acceptors (Lipinski definition) is 5. The number of benzene rings is 1. The van der Waals surface area contributed by atoms with Crippen LogP contribution in [0.1, 0.15) is 32.2 Å². The lowest BCUT2D eigenvalue weighted by atomic mass is 10.0. The Morgan fingerprint density at radius 3 is 2.57 bits per heavy atom. The summed E-state index contributed by atoms with van der Waals surface area (Å²) in [6.07, 6.45) is 0.748. The second-order valence-corrected chi connectivity index (χ2v) is 7.74. The van der Waals surface area contributed by atoms with Gasteiger partial charge in [-0.25, -0.2) is 4.98 Å². The fourth-order valence-electron chi connectivity index (χ4n) is 3.61. The second kappa shape index (κ2) is 8.88. The molecule has 0 N–H and O–H groups in total. The van der Waals surface area contributed by atoms with E-state index in [-0.39, 0.29) is 5.56 Å². The van der Waals surface area contributed by atoms with Crippen molar-refractivity contribution in [1.82, 2.24) is 14.5 Å². The van der Waals surface area contributed by atoms with E-state index < -0.39 is 0 Å². The van der Waals surface area contributed by atoms with E-state index in [1.165, 1.54) is 0 Å². The van der Waals surface area contributed by atoms with Gasteiger partial charge in [-0.15, -0.1) is 11.3 Å². The van der Waals surface area contributed by atoms with Crippen molar-refractivity contribution in [2.45, 2.75) is 40.7 Å². The Kier molecular flexibility index (Phi) is 6.52. The Morgan fingerprint density at radius 1 is 1.21 bits per heavy atom. The van der Waals surface area contributed by atoms with Gasteiger partial charge in [0.25, 0.3) is 5.56 Å². The molecule has 0 saturated carbocycles. The number of aryl methyl sites for hydroxylation is 2. The molecule has 5 nitrogen and oxygen atoms in total. The molecule has 150 valence electrons. The van der Waals surface area contributed by atoms with E-state index in [2.05, 4.69) is 37.1 Å². The Morgan fingerprint density at radius 2 is 1.96 bits per heavy atom. The number of ether oxygens (including phenoxy) is 1. The zero-order valence-electron chi connectivity index (χ0n) is 17.4. The molecule has 0 saturated heterocycles. The molecule has 0 spiro atoms. The first-order chi connectivity index (χ1) is 13.5. The van der Waals surface area contributed by atoms with Crippen LogP contribution < -0.4 is 10.3 Å². The molecule has 0 aliphatic heterocycles. The molecule has 0 unspecified atom stereocenters. The van der Waals surface area contributed by atoms with Crippen molar-refractivity contribution in [3.8, 4) is 16.9 Å². The standard InChI is InChI=1S/C22H29N3O2S/c1-6-19-23-21-20(22(26)25(19)12-11-24(7-2)8-3)17(14-28-21)16-9-10-18(27-5)15(4)13-16/h9-10,13-14H,6-8,11-12H2,1-5H3. The molecule has 0 aliphatic rings. The van der Waals surface area contributed by atoms with E-state index >= 15 is 0 Å². The Labute approximate surface area is 170 Å². The maximum absolute atomic E-state index is 13.4. The van der Waals surface area contributed by atoms with Gasteiger partial charge in [0.15, 0.2) is 0 Å². The minimum atomic E-state index is 0.0683. The molecular formula is C22H29N3O2S. The van der Waals surface area contributed by atoms with Crippen LogP contribution in [0.5, 0.6) is 5.75 Å². The number of hydrogen-bond donors (Lipinski definition) is 0. The normalized spacial score (nSPS) is 11.5. The summed E-state index contributed by atoms with van der Waals surface area (Å²) in [6, 6.07) is 6.05. The van der Waals surface area contributed by atoms with Gasteiger partial charge >= 0.3 is 0 Å². The third-order valence-electron chi connectivity index (χ3n) is 5.33. The number of nitrogens with zero attached hydrogens (tertiary/aromatic N) is 3. The van der Waals surface area contributed by atoms with Crippen LogP contribution in [0, 0.1) is 6.92 Å². The van der Waals surface area contributed by atoms with Gasteiger partial charge in [0.2, 0.25) is 0 Å². The first-order valence-electron chi connectivity index (χ1n) is 9.92. The predicted octanol–water partition coefficient (Wildman–Crippen LogP) is 4.35. The van der Waals surface area contributed by atoms with E-state index in [4.69, 9.17) is 9.72 Å². The summed E-state index contributed by atoms with van der Waals surface area (Å²) in [4.78, 5) is 21.4. The molecule has 0 atom stereocenters. The number of aromatic nitrogens is 2. The Bertz CT molecular complexity index is 1020. The topological polar surface area (TPSA) is 47.4 Å². The van der Waals surface area contributed by atoms with Gasteiger partial charge in [-0.2, -0.15) is 0 Å². The van der Waals surface area contributed by atoms with E-state index in [1.54, 1.807) is 18.4 Å². The highest BCUT2D eigenvalue weighted by molar-refractivity contribution is 7.17. The number of likely N-dealkylation sites (N-methyl/N-ethyl adjacent to an activating group) is 1. The lowest BCUT2D eigenvalue weighted by Gasteiger charge is -2.20. The average molecular weight is 400 g/mol. The Balaban J connectivity index is 2.11. The van der Waals surface area contributed by atoms with Crippen LogP contribution in [0.2, 0.25) is 0 Å². The highest BCUT2D eigenvalue weighted by atomic mass is 32.1. The third-order valence-corrected chi connectivity index (χ3v) is 6.20. The summed E-state index contributed by atoms with van der Waals surface area (Å²) in [5, 5.41) is 2.78. The Hall–Kier alpha value is -2.18. The summed E-state index contributed by atoms with van der Waals surface area (Å²) < 4.78 is 7.24. The number of rotatable bonds is 8. The number of fused-ring (bicyclic) bond motifs is 1. The lowest BCUT2D eigenvalue weighted by molar-refractivity contribution is 0.287. The molecule has 3 aromatic rings. The average Bonchev–Trinajstić information content (AvgIpc) is 3.14. The quantitative estimate of drug-likeness (QED) is 0.565. The van der Waals surface area contributed by atoms with Crippen LogP contribution in [0.4, 0.5) is 0 Å². The van der Waals surface area contributed by atoms with Crippen molar-refractivity contribution >= 4 is 21.6 Å². The lowest BCUT2D eigenvalue weighted by Crippen LogP contribution is -2.33. The van der Waals surface area contributed by atoms with Crippen LogP contribution in [0.3, 0.4) is 0 Å². The van der Waals surface area contributed by atoms with Crippen LogP contribution in [-0.4, -0.2) is 41.2 Å². The van der Waals surface area contributed by atoms with E-state index in [9.17, 15) is 4.79 Å². The van der Waals surface area contributed by atoms with Gasteiger partial charge < -0.3 is 9.64 Å². The highest BCUT2D eigenvalue weighted by Crippen LogP contribution is 2.33. The molecular weight excluding hydrogens is 370 g/mol. The van der Waals surface area contributed by atoms with Gasteiger partial charge in [0.1, 0.15) is 16.4 Å². The van der Waals surface area contributed by atoms with Crippen molar-refractivity contribution in [1.29, 1.82) is 0 Å². The zero-order chi connectivity index (χ0) is 20.3. The molecule has 3 rings (SSSR count). The monoisotopic (exact) mass is 399 g/mol. The summed E-state index contributed by atoms with van der Waals surface area (Å²) in [7, 11) is 1.67. The molecule has 6 heteroatoms. The van der Waals surface area contributed by atoms with Crippen LogP contribution in [0.25, 0.3) is 21.3 Å². The first kappa shape index (κ1) is 20.6. The summed E-state index contributed by atoms with van der Waals surface area (Å²) >= 11 is 1.54. The van der Waals surface area contributed by atoms with E-state index in [1.807, 2.05) is 23.6 Å². The molecule has 0 aliphatic carbocycles. The molecule has 0 radical (unpaired) electrons. The molecule has 2 aromatic heterocycles. The third kappa shape index (κ3) is 3.84. The van der Waals surface area contributed by atoms with E-state index in [0.29, 0.717) is 6.54 Å². The van der Waals surface area contributed by atoms with Gasteiger partial charge in [0, 0.05) is 30.5 Å². The number of thiophene rings is 1. The largest absolute Gasteiger partial charge is 0.496 e. The second-order valence-electron chi connectivity index (χ2n) is 6.88. The van der Waals surface area contributed by atoms with Crippen molar-refractivity contribution in [3.05, 3.63) is 45.3 Å². The minimum Gasteiger partial charge on any atom is -0.496 e. The smallest absolute Gasteiger partial charge is 0.262 e. The molecule has 0 bridgehead atoms. The summed E-state index contributed by atoms with van der Waals surface area (Å²) in [5.74, 6) is 1.72. The van der Waals surface area contributed by atoms with Gasteiger partial charge in [-0.3, -0.25) is 9.36 Å². The maximum Gasteiger partial charge on any atom is 0.262 e. The van der Waals surface area contributed by atoms with Crippen molar-refractivity contribution < 1.29 is 4.74 Å².